The molecule has 3 nitrogen and oxygen atoms in total. The predicted octanol–water partition coefficient (Wildman–Crippen LogP) is 2.92. The fourth-order valence-corrected chi connectivity index (χ4v) is 3.90. The van der Waals surface area contributed by atoms with Crippen LogP contribution in [0.3, 0.4) is 0 Å². The Morgan fingerprint density at radius 3 is 2.95 bits per heavy atom. The summed E-state index contributed by atoms with van der Waals surface area (Å²) in [7, 11) is 0. The largest absolute Gasteiger partial charge is 0.349 e. The SMILES string of the molecule is CC(NC(=O)[C@@]12CCCC[C@H]1CNC2)c1ccc(F)c(F)c1. The Kier molecular flexibility index (Phi) is 4.17. The third-order valence-electron chi connectivity index (χ3n) is 5.28. The summed E-state index contributed by atoms with van der Waals surface area (Å²) in [6, 6.07) is 3.45. The molecule has 1 aromatic carbocycles. The number of carbonyl (C=O) groups is 1. The molecule has 0 aromatic heterocycles. The molecule has 1 unspecified atom stereocenters. The van der Waals surface area contributed by atoms with Gasteiger partial charge in [-0.3, -0.25) is 4.79 Å². The van der Waals surface area contributed by atoms with Crippen LogP contribution in [0, 0.1) is 23.0 Å². The van der Waals surface area contributed by atoms with Gasteiger partial charge in [0.15, 0.2) is 11.6 Å². The van der Waals surface area contributed by atoms with Crippen molar-refractivity contribution in [3.05, 3.63) is 35.4 Å². The Morgan fingerprint density at radius 2 is 2.18 bits per heavy atom. The van der Waals surface area contributed by atoms with Crippen LogP contribution in [0.5, 0.6) is 0 Å². The van der Waals surface area contributed by atoms with E-state index in [0.29, 0.717) is 18.0 Å². The molecule has 5 heteroatoms. The third-order valence-corrected chi connectivity index (χ3v) is 5.28. The van der Waals surface area contributed by atoms with Gasteiger partial charge in [-0.1, -0.05) is 18.9 Å². The highest BCUT2D eigenvalue weighted by Crippen LogP contribution is 2.44. The maximum Gasteiger partial charge on any atom is 0.228 e. The van der Waals surface area contributed by atoms with Crippen LogP contribution in [0.2, 0.25) is 0 Å². The van der Waals surface area contributed by atoms with Crippen LogP contribution in [0.25, 0.3) is 0 Å². The minimum absolute atomic E-state index is 0.0411. The van der Waals surface area contributed by atoms with Gasteiger partial charge in [-0.25, -0.2) is 8.78 Å². The zero-order valence-electron chi connectivity index (χ0n) is 12.8. The van der Waals surface area contributed by atoms with Crippen molar-refractivity contribution in [3.8, 4) is 0 Å². The van der Waals surface area contributed by atoms with E-state index in [0.717, 1.165) is 37.9 Å². The van der Waals surface area contributed by atoms with E-state index < -0.39 is 11.6 Å². The maximum atomic E-state index is 13.3. The Morgan fingerprint density at radius 1 is 1.36 bits per heavy atom. The first-order valence-corrected chi connectivity index (χ1v) is 7.99. The van der Waals surface area contributed by atoms with Gasteiger partial charge in [0.05, 0.1) is 11.5 Å². The van der Waals surface area contributed by atoms with Crippen molar-refractivity contribution in [2.24, 2.45) is 11.3 Å². The second-order valence-corrected chi connectivity index (χ2v) is 6.60. The quantitative estimate of drug-likeness (QED) is 0.901. The van der Waals surface area contributed by atoms with Crippen LogP contribution in [0.1, 0.15) is 44.2 Å². The van der Waals surface area contributed by atoms with Gasteiger partial charge >= 0.3 is 0 Å². The van der Waals surface area contributed by atoms with Gasteiger partial charge in [0.25, 0.3) is 0 Å². The molecule has 2 fully saturated rings. The van der Waals surface area contributed by atoms with Gasteiger partial charge < -0.3 is 10.6 Å². The van der Waals surface area contributed by atoms with E-state index >= 15 is 0 Å². The lowest BCUT2D eigenvalue weighted by atomic mass is 9.67. The Hall–Kier alpha value is -1.49. The van der Waals surface area contributed by atoms with Crippen LogP contribution in [0.4, 0.5) is 8.78 Å². The molecule has 1 saturated heterocycles. The number of hydrogen-bond acceptors (Lipinski definition) is 2. The van der Waals surface area contributed by atoms with Crippen molar-refractivity contribution >= 4 is 5.91 Å². The summed E-state index contributed by atoms with van der Waals surface area (Å²) in [4.78, 5) is 12.8. The fraction of sp³-hybridized carbons (Fsp3) is 0.588. The van der Waals surface area contributed by atoms with Crippen molar-refractivity contribution < 1.29 is 13.6 Å². The second-order valence-electron chi connectivity index (χ2n) is 6.60. The summed E-state index contributed by atoms with van der Waals surface area (Å²) in [6.45, 7) is 3.42. The molecular formula is C17H22F2N2O. The molecule has 3 rings (SSSR count). The van der Waals surface area contributed by atoms with E-state index in [-0.39, 0.29) is 17.4 Å². The number of carbonyl (C=O) groups excluding carboxylic acids is 1. The molecule has 120 valence electrons. The number of halogens is 2. The lowest BCUT2D eigenvalue weighted by Gasteiger charge is -2.38. The Labute approximate surface area is 129 Å². The molecule has 2 aliphatic rings. The highest BCUT2D eigenvalue weighted by Gasteiger charge is 2.49. The number of hydrogen-bond donors (Lipinski definition) is 2. The normalized spacial score (nSPS) is 29.0. The van der Waals surface area contributed by atoms with Crippen molar-refractivity contribution in [1.29, 1.82) is 0 Å². The zero-order chi connectivity index (χ0) is 15.7. The average Bonchev–Trinajstić information content (AvgIpc) is 2.95. The van der Waals surface area contributed by atoms with Crippen LogP contribution >= 0.6 is 0 Å². The highest BCUT2D eigenvalue weighted by molar-refractivity contribution is 5.84. The van der Waals surface area contributed by atoms with Gasteiger partial charge in [-0.05, 0) is 49.9 Å². The van der Waals surface area contributed by atoms with E-state index in [4.69, 9.17) is 0 Å². The molecule has 0 radical (unpaired) electrons. The molecule has 1 saturated carbocycles. The number of fused-ring (bicyclic) bond motifs is 1. The Bertz CT molecular complexity index is 578. The monoisotopic (exact) mass is 308 g/mol. The van der Waals surface area contributed by atoms with Crippen LogP contribution in [-0.2, 0) is 4.79 Å². The molecule has 1 amide bonds. The van der Waals surface area contributed by atoms with Crippen molar-refractivity contribution in [1.82, 2.24) is 10.6 Å². The molecule has 1 aromatic rings. The van der Waals surface area contributed by atoms with E-state index in [9.17, 15) is 13.6 Å². The summed E-state index contributed by atoms with van der Waals surface area (Å²) in [5, 5.41) is 6.35. The number of nitrogens with one attached hydrogen (secondary N) is 2. The topological polar surface area (TPSA) is 41.1 Å². The molecule has 22 heavy (non-hydrogen) atoms. The first-order valence-electron chi connectivity index (χ1n) is 7.99. The molecule has 1 aliphatic carbocycles. The highest BCUT2D eigenvalue weighted by atomic mass is 19.2. The summed E-state index contributed by atoms with van der Waals surface area (Å²) in [5.74, 6) is -1.32. The molecule has 0 bridgehead atoms. The smallest absolute Gasteiger partial charge is 0.228 e. The maximum absolute atomic E-state index is 13.3. The fourth-order valence-electron chi connectivity index (χ4n) is 3.90. The van der Waals surface area contributed by atoms with E-state index in [1.807, 2.05) is 0 Å². The lowest BCUT2D eigenvalue weighted by molar-refractivity contribution is -0.134. The summed E-state index contributed by atoms with van der Waals surface area (Å²) >= 11 is 0. The van der Waals surface area contributed by atoms with Gasteiger partial charge in [0.1, 0.15) is 0 Å². The summed E-state index contributed by atoms with van der Waals surface area (Å²) in [6.07, 6.45) is 4.24. The van der Waals surface area contributed by atoms with Crippen LogP contribution in [-0.4, -0.2) is 19.0 Å². The van der Waals surface area contributed by atoms with E-state index in [2.05, 4.69) is 10.6 Å². The third kappa shape index (κ3) is 2.62. The first-order chi connectivity index (χ1) is 10.5. The van der Waals surface area contributed by atoms with Crippen molar-refractivity contribution in [2.45, 2.75) is 38.6 Å². The van der Waals surface area contributed by atoms with Gasteiger partial charge in [-0.2, -0.15) is 0 Å². The predicted molar refractivity (Wildman–Crippen MR) is 80.2 cm³/mol. The number of benzene rings is 1. The minimum atomic E-state index is -0.880. The molecule has 0 spiro atoms. The molecule has 3 atom stereocenters. The lowest BCUT2D eigenvalue weighted by Crippen LogP contribution is -2.48. The van der Waals surface area contributed by atoms with E-state index in [1.165, 1.54) is 12.5 Å². The standard InChI is InChI=1S/C17H22F2N2O/c1-11(12-5-6-14(18)15(19)8-12)21-16(22)17-7-3-2-4-13(17)9-20-10-17/h5-6,8,11,13,20H,2-4,7,9-10H2,1H3,(H,21,22)/t11?,13-,17+/m0/s1. The molecular weight excluding hydrogens is 286 g/mol. The van der Waals surface area contributed by atoms with Crippen molar-refractivity contribution in [2.75, 3.05) is 13.1 Å². The minimum Gasteiger partial charge on any atom is -0.349 e. The number of amides is 1. The average molecular weight is 308 g/mol. The zero-order valence-corrected chi connectivity index (χ0v) is 12.8. The molecule has 1 heterocycles. The number of rotatable bonds is 3. The van der Waals surface area contributed by atoms with E-state index in [1.54, 1.807) is 6.92 Å². The van der Waals surface area contributed by atoms with Gasteiger partial charge in [-0.15, -0.1) is 0 Å². The van der Waals surface area contributed by atoms with Crippen LogP contribution in [0.15, 0.2) is 18.2 Å². The second kappa shape index (κ2) is 5.95. The van der Waals surface area contributed by atoms with Gasteiger partial charge in [0, 0.05) is 6.54 Å². The molecule has 2 N–H and O–H groups in total. The van der Waals surface area contributed by atoms with Crippen molar-refractivity contribution in [3.63, 3.8) is 0 Å². The summed E-state index contributed by atoms with van der Waals surface area (Å²) < 4.78 is 26.4. The first kappa shape index (κ1) is 15.4. The van der Waals surface area contributed by atoms with Crippen LogP contribution < -0.4 is 10.6 Å². The van der Waals surface area contributed by atoms with Gasteiger partial charge in [0.2, 0.25) is 5.91 Å². The molecule has 1 aliphatic heterocycles. The Balaban J connectivity index is 1.74. The summed E-state index contributed by atoms with van der Waals surface area (Å²) in [5.41, 5.74) is 0.257.